The molecule has 0 unspecified atom stereocenters. The number of rotatable bonds is 5. The lowest BCUT2D eigenvalue weighted by atomic mass is 9.91. The SMILES string of the molecule is Nc1cc(C(=O)N(CCO)C2CCC2)c([N+](=O)[O-])cc1F. The summed E-state index contributed by atoms with van der Waals surface area (Å²) in [5.74, 6) is -1.54. The zero-order chi connectivity index (χ0) is 15.6. The molecule has 114 valence electrons. The van der Waals surface area contributed by atoms with Gasteiger partial charge in [-0.2, -0.15) is 0 Å². The van der Waals surface area contributed by atoms with Gasteiger partial charge in [-0.3, -0.25) is 14.9 Å². The van der Waals surface area contributed by atoms with Gasteiger partial charge in [0.15, 0.2) is 5.82 Å². The van der Waals surface area contributed by atoms with Gasteiger partial charge >= 0.3 is 0 Å². The number of nitrogens with two attached hydrogens (primary N) is 1. The number of carbonyl (C=O) groups excluding carboxylic acids is 1. The van der Waals surface area contributed by atoms with E-state index in [1.165, 1.54) is 4.90 Å². The molecule has 1 aromatic carbocycles. The van der Waals surface area contributed by atoms with E-state index in [1.54, 1.807) is 0 Å². The standard InChI is InChI=1S/C13H16FN3O4/c14-10-7-12(17(20)21)9(6-11(10)15)13(19)16(4-5-18)8-2-1-3-8/h6-8,18H,1-5,15H2. The molecular formula is C13H16FN3O4. The van der Waals surface area contributed by atoms with Crippen LogP contribution in [0.4, 0.5) is 15.8 Å². The smallest absolute Gasteiger partial charge is 0.285 e. The summed E-state index contributed by atoms with van der Waals surface area (Å²) in [7, 11) is 0. The lowest BCUT2D eigenvalue weighted by molar-refractivity contribution is -0.385. The van der Waals surface area contributed by atoms with Crippen LogP contribution < -0.4 is 5.73 Å². The van der Waals surface area contributed by atoms with E-state index in [0.29, 0.717) is 6.07 Å². The predicted molar refractivity (Wildman–Crippen MR) is 73.2 cm³/mol. The Labute approximate surface area is 120 Å². The zero-order valence-corrected chi connectivity index (χ0v) is 11.3. The molecule has 21 heavy (non-hydrogen) atoms. The van der Waals surface area contributed by atoms with Crippen LogP contribution in [0.3, 0.4) is 0 Å². The van der Waals surface area contributed by atoms with Gasteiger partial charge < -0.3 is 15.7 Å². The second-order valence-electron chi connectivity index (χ2n) is 4.95. The first-order valence-electron chi connectivity index (χ1n) is 6.61. The van der Waals surface area contributed by atoms with Crippen molar-refractivity contribution >= 4 is 17.3 Å². The van der Waals surface area contributed by atoms with Crippen LogP contribution in [0, 0.1) is 15.9 Å². The highest BCUT2D eigenvalue weighted by atomic mass is 19.1. The molecule has 0 spiro atoms. The van der Waals surface area contributed by atoms with E-state index in [9.17, 15) is 19.3 Å². The van der Waals surface area contributed by atoms with Crippen LogP contribution in [-0.2, 0) is 0 Å². The van der Waals surface area contributed by atoms with Crippen molar-refractivity contribution in [3.8, 4) is 0 Å². The van der Waals surface area contributed by atoms with Gasteiger partial charge in [0.1, 0.15) is 5.56 Å². The van der Waals surface area contributed by atoms with Gasteiger partial charge in [0, 0.05) is 12.6 Å². The van der Waals surface area contributed by atoms with Crippen LogP contribution in [0.15, 0.2) is 12.1 Å². The number of nitro groups is 1. The number of benzene rings is 1. The molecular weight excluding hydrogens is 281 g/mol. The minimum atomic E-state index is -0.935. The number of nitrogen functional groups attached to an aromatic ring is 1. The molecule has 7 nitrogen and oxygen atoms in total. The summed E-state index contributed by atoms with van der Waals surface area (Å²) in [6.07, 6.45) is 2.54. The molecule has 1 fully saturated rings. The highest BCUT2D eigenvalue weighted by Crippen LogP contribution is 2.30. The highest BCUT2D eigenvalue weighted by Gasteiger charge is 2.33. The summed E-state index contributed by atoms with van der Waals surface area (Å²) in [5, 5.41) is 20.1. The van der Waals surface area contributed by atoms with Crippen LogP contribution in [0.5, 0.6) is 0 Å². The number of halogens is 1. The largest absolute Gasteiger partial charge is 0.396 e. The fourth-order valence-corrected chi connectivity index (χ4v) is 2.31. The molecule has 0 radical (unpaired) electrons. The van der Waals surface area contributed by atoms with E-state index in [-0.39, 0.29) is 30.4 Å². The van der Waals surface area contributed by atoms with E-state index in [2.05, 4.69) is 0 Å². The molecule has 1 amide bonds. The van der Waals surface area contributed by atoms with Crippen molar-refractivity contribution in [2.75, 3.05) is 18.9 Å². The van der Waals surface area contributed by atoms with Gasteiger partial charge in [0.05, 0.1) is 23.3 Å². The Kier molecular flexibility index (Phi) is 4.37. The van der Waals surface area contributed by atoms with E-state index in [0.717, 1.165) is 25.3 Å². The summed E-state index contributed by atoms with van der Waals surface area (Å²) in [5.41, 5.74) is 4.22. The fourth-order valence-electron chi connectivity index (χ4n) is 2.31. The first kappa shape index (κ1) is 15.2. The molecule has 1 aliphatic rings. The first-order chi connectivity index (χ1) is 9.95. The molecule has 8 heteroatoms. The third kappa shape index (κ3) is 2.94. The summed E-state index contributed by atoms with van der Waals surface area (Å²) < 4.78 is 13.4. The Balaban J connectivity index is 2.40. The quantitative estimate of drug-likeness (QED) is 0.483. The maximum Gasteiger partial charge on any atom is 0.285 e. The van der Waals surface area contributed by atoms with Crippen LogP contribution in [0.1, 0.15) is 29.6 Å². The number of hydrogen-bond acceptors (Lipinski definition) is 5. The van der Waals surface area contributed by atoms with Crippen molar-refractivity contribution in [3.05, 3.63) is 33.6 Å². The molecule has 0 aromatic heterocycles. The number of anilines is 1. The average molecular weight is 297 g/mol. The Hall–Kier alpha value is -2.22. The summed E-state index contributed by atoms with van der Waals surface area (Å²) >= 11 is 0. The van der Waals surface area contributed by atoms with Crippen molar-refractivity contribution in [1.82, 2.24) is 4.90 Å². The van der Waals surface area contributed by atoms with Crippen molar-refractivity contribution in [3.63, 3.8) is 0 Å². The van der Waals surface area contributed by atoms with Crippen LogP contribution in [0.25, 0.3) is 0 Å². The third-order valence-electron chi connectivity index (χ3n) is 3.66. The number of amides is 1. The Morgan fingerprint density at radius 1 is 1.52 bits per heavy atom. The average Bonchev–Trinajstić information content (AvgIpc) is 2.37. The molecule has 1 saturated carbocycles. The zero-order valence-electron chi connectivity index (χ0n) is 11.3. The molecule has 0 bridgehead atoms. The second-order valence-corrected chi connectivity index (χ2v) is 4.95. The first-order valence-corrected chi connectivity index (χ1v) is 6.61. The molecule has 1 aliphatic carbocycles. The van der Waals surface area contributed by atoms with Crippen molar-refractivity contribution in [2.24, 2.45) is 0 Å². The van der Waals surface area contributed by atoms with Crippen molar-refractivity contribution in [2.45, 2.75) is 25.3 Å². The third-order valence-corrected chi connectivity index (χ3v) is 3.66. The summed E-state index contributed by atoms with van der Waals surface area (Å²) in [6, 6.07) is 1.59. The second kappa shape index (κ2) is 6.04. The maximum atomic E-state index is 13.4. The molecule has 1 aromatic rings. The number of nitro benzene ring substituents is 1. The van der Waals surface area contributed by atoms with Crippen molar-refractivity contribution < 1.29 is 19.2 Å². The highest BCUT2D eigenvalue weighted by molar-refractivity contribution is 5.99. The topological polar surface area (TPSA) is 110 Å². The van der Waals surface area contributed by atoms with Gasteiger partial charge in [0.25, 0.3) is 11.6 Å². The molecule has 0 saturated heterocycles. The fraction of sp³-hybridized carbons (Fsp3) is 0.462. The molecule has 3 N–H and O–H groups in total. The maximum absolute atomic E-state index is 13.4. The molecule has 0 aliphatic heterocycles. The van der Waals surface area contributed by atoms with Crippen LogP contribution >= 0.6 is 0 Å². The van der Waals surface area contributed by atoms with E-state index in [1.807, 2.05) is 0 Å². The van der Waals surface area contributed by atoms with E-state index in [4.69, 9.17) is 10.8 Å². The number of nitrogens with zero attached hydrogens (tertiary/aromatic N) is 2. The minimum Gasteiger partial charge on any atom is -0.396 e. The van der Waals surface area contributed by atoms with Gasteiger partial charge in [-0.05, 0) is 25.3 Å². The molecule has 2 rings (SSSR count). The Morgan fingerprint density at radius 3 is 2.67 bits per heavy atom. The van der Waals surface area contributed by atoms with Crippen LogP contribution in [-0.4, -0.2) is 40.0 Å². The van der Waals surface area contributed by atoms with Crippen LogP contribution in [0.2, 0.25) is 0 Å². The predicted octanol–water partition coefficient (Wildman–Crippen LogP) is 1.30. The monoisotopic (exact) mass is 297 g/mol. The molecule has 0 atom stereocenters. The van der Waals surface area contributed by atoms with E-state index >= 15 is 0 Å². The lowest BCUT2D eigenvalue weighted by Gasteiger charge is -2.37. The Morgan fingerprint density at radius 2 is 2.19 bits per heavy atom. The number of aliphatic hydroxyl groups excluding tert-OH is 1. The minimum absolute atomic E-state index is 0.0458. The van der Waals surface area contributed by atoms with E-state index < -0.39 is 22.3 Å². The van der Waals surface area contributed by atoms with Gasteiger partial charge in [-0.1, -0.05) is 0 Å². The molecule has 0 heterocycles. The summed E-state index contributed by atoms with van der Waals surface area (Å²) in [6.45, 7) is -0.162. The van der Waals surface area contributed by atoms with Crippen molar-refractivity contribution in [1.29, 1.82) is 0 Å². The summed E-state index contributed by atoms with van der Waals surface area (Å²) in [4.78, 5) is 24.1. The number of carbonyl (C=O) groups is 1. The number of aliphatic hydroxyl groups is 1. The lowest BCUT2D eigenvalue weighted by Crippen LogP contribution is -2.45. The van der Waals surface area contributed by atoms with Gasteiger partial charge in [-0.15, -0.1) is 0 Å². The van der Waals surface area contributed by atoms with Gasteiger partial charge in [0.2, 0.25) is 0 Å². The number of hydrogen-bond donors (Lipinski definition) is 2. The normalized spacial score (nSPS) is 14.6. The van der Waals surface area contributed by atoms with Gasteiger partial charge in [-0.25, -0.2) is 4.39 Å². The Bertz CT molecular complexity index is 575.